The Labute approximate surface area is 147 Å². The first-order valence-corrected chi connectivity index (χ1v) is 7.52. The SMILES string of the molecule is COC(=O)COc1cc(-c2ccc(F)cc2)nc2ccc([N+](=O)[O-])cc12. The highest BCUT2D eigenvalue weighted by Gasteiger charge is 2.14. The first kappa shape index (κ1) is 17.3. The van der Waals surface area contributed by atoms with Crippen LogP contribution in [0.1, 0.15) is 0 Å². The van der Waals surface area contributed by atoms with Crippen molar-refractivity contribution < 1.29 is 23.6 Å². The van der Waals surface area contributed by atoms with Gasteiger partial charge in [-0.3, -0.25) is 10.1 Å². The molecule has 0 aliphatic heterocycles. The normalized spacial score (nSPS) is 10.5. The van der Waals surface area contributed by atoms with Crippen LogP contribution in [0.5, 0.6) is 5.75 Å². The minimum Gasteiger partial charge on any atom is -0.481 e. The topological polar surface area (TPSA) is 91.6 Å². The second kappa shape index (κ2) is 7.14. The van der Waals surface area contributed by atoms with Gasteiger partial charge < -0.3 is 9.47 Å². The number of fused-ring (bicyclic) bond motifs is 1. The van der Waals surface area contributed by atoms with E-state index in [-0.39, 0.29) is 23.9 Å². The minimum atomic E-state index is -0.594. The van der Waals surface area contributed by atoms with Crippen LogP contribution < -0.4 is 4.74 Å². The highest BCUT2D eigenvalue weighted by atomic mass is 19.1. The van der Waals surface area contributed by atoms with E-state index in [4.69, 9.17) is 4.74 Å². The third-order valence-electron chi connectivity index (χ3n) is 3.68. The van der Waals surface area contributed by atoms with Gasteiger partial charge in [0.25, 0.3) is 5.69 Å². The van der Waals surface area contributed by atoms with Crippen LogP contribution in [-0.2, 0) is 9.53 Å². The van der Waals surface area contributed by atoms with Crippen LogP contribution >= 0.6 is 0 Å². The second-order valence-electron chi connectivity index (χ2n) is 5.34. The third-order valence-corrected chi connectivity index (χ3v) is 3.68. The van der Waals surface area contributed by atoms with Crippen LogP contribution in [0.15, 0.2) is 48.5 Å². The van der Waals surface area contributed by atoms with E-state index < -0.39 is 10.9 Å². The van der Waals surface area contributed by atoms with Crippen molar-refractivity contribution in [2.24, 2.45) is 0 Å². The molecule has 0 unspecified atom stereocenters. The van der Waals surface area contributed by atoms with Crippen molar-refractivity contribution in [1.82, 2.24) is 4.98 Å². The van der Waals surface area contributed by atoms with Gasteiger partial charge in [-0.25, -0.2) is 14.2 Å². The smallest absolute Gasteiger partial charge is 0.343 e. The Morgan fingerprint density at radius 3 is 2.58 bits per heavy atom. The molecule has 132 valence electrons. The van der Waals surface area contributed by atoms with Gasteiger partial charge in [0.15, 0.2) is 6.61 Å². The minimum absolute atomic E-state index is 0.128. The van der Waals surface area contributed by atoms with Gasteiger partial charge in [0.2, 0.25) is 0 Å². The first-order valence-electron chi connectivity index (χ1n) is 7.52. The lowest BCUT2D eigenvalue weighted by Crippen LogP contribution is -2.12. The summed E-state index contributed by atoms with van der Waals surface area (Å²) in [6.07, 6.45) is 0. The lowest BCUT2D eigenvalue weighted by molar-refractivity contribution is -0.384. The van der Waals surface area contributed by atoms with Gasteiger partial charge in [-0.15, -0.1) is 0 Å². The Bertz CT molecular complexity index is 989. The summed E-state index contributed by atoms with van der Waals surface area (Å²) in [7, 11) is 1.23. The Morgan fingerprint density at radius 1 is 1.19 bits per heavy atom. The molecule has 8 heteroatoms. The van der Waals surface area contributed by atoms with Crippen molar-refractivity contribution in [3.63, 3.8) is 0 Å². The second-order valence-corrected chi connectivity index (χ2v) is 5.34. The average molecular weight is 356 g/mol. The number of pyridine rings is 1. The van der Waals surface area contributed by atoms with Crippen LogP contribution in [0.4, 0.5) is 10.1 Å². The molecule has 0 spiro atoms. The largest absolute Gasteiger partial charge is 0.481 e. The molecule has 0 N–H and O–H groups in total. The molecule has 0 radical (unpaired) electrons. The molecular weight excluding hydrogens is 343 g/mol. The van der Waals surface area contributed by atoms with E-state index in [1.807, 2.05) is 0 Å². The molecule has 0 atom stereocenters. The fraction of sp³-hybridized carbons (Fsp3) is 0.111. The average Bonchev–Trinajstić information content (AvgIpc) is 2.65. The number of halogens is 1. The summed E-state index contributed by atoms with van der Waals surface area (Å²) in [5.74, 6) is -0.737. The predicted octanol–water partition coefficient (Wildman–Crippen LogP) is 3.50. The van der Waals surface area contributed by atoms with Crippen molar-refractivity contribution >= 4 is 22.6 Å². The first-order chi connectivity index (χ1) is 12.5. The molecule has 0 fully saturated rings. The maximum absolute atomic E-state index is 13.1. The molecule has 7 nitrogen and oxygen atoms in total. The predicted molar refractivity (Wildman–Crippen MR) is 91.3 cm³/mol. The van der Waals surface area contributed by atoms with Crippen molar-refractivity contribution in [3.8, 4) is 17.0 Å². The van der Waals surface area contributed by atoms with Gasteiger partial charge in [0.05, 0.1) is 23.2 Å². The van der Waals surface area contributed by atoms with Gasteiger partial charge >= 0.3 is 5.97 Å². The van der Waals surface area contributed by atoms with Gasteiger partial charge in [-0.05, 0) is 30.3 Å². The van der Waals surface area contributed by atoms with Gasteiger partial charge in [0.1, 0.15) is 11.6 Å². The number of carbonyl (C=O) groups excluding carboxylic acids is 1. The highest BCUT2D eigenvalue weighted by Crippen LogP contribution is 2.32. The van der Waals surface area contributed by atoms with Crippen molar-refractivity contribution in [2.75, 3.05) is 13.7 Å². The molecule has 26 heavy (non-hydrogen) atoms. The number of methoxy groups -OCH3 is 1. The lowest BCUT2D eigenvalue weighted by Gasteiger charge is -2.11. The summed E-state index contributed by atoms with van der Waals surface area (Å²) in [6, 6.07) is 11.4. The van der Waals surface area contributed by atoms with Crippen molar-refractivity contribution in [1.29, 1.82) is 0 Å². The number of benzene rings is 2. The molecule has 0 saturated heterocycles. The zero-order valence-electron chi connectivity index (χ0n) is 13.6. The number of nitrogens with zero attached hydrogens (tertiary/aromatic N) is 2. The molecular formula is C18H13FN2O5. The zero-order chi connectivity index (χ0) is 18.7. The molecule has 3 aromatic rings. The van der Waals surface area contributed by atoms with Crippen LogP contribution in [0.3, 0.4) is 0 Å². The number of aromatic nitrogens is 1. The Hall–Kier alpha value is -3.55. The van der Waals surface area contributed by atoms with Gasteiger partial charge in [-0.1, -0.05) is 0 Å². The van der Waals surface area contributed by atoms with E-state index in [1.54, 1.807) is 18.2 Å². The van der Waals surface area contributed by atoms with Crippen LogP contribution in [0, 0.1) is 15.9 Å². The molecule has 0 bridgehead atoms. The van der Waals surface area contributed by atoms with E-state index in [2.05, 4.69) is 9.72 Å². The number of nitro benzene ring substituents is 1. The van der Waals surface area contributed by atoms with Crippen LogP contribution in [0.25, 0.3) is 22.2 Å². The van der Waals surface area contributed by atoms with Crippen LogP contribution in [0.2, 0.25) is 0 Å². The maximum Gasteiger partial charge on any atom is 0.343 e. The van der Waals surface area contributed by atoms with Gasteiger partial charge in [0, 0.05) is 29.1 Å². The summed E-state index contributed by atoms with van der Waals surface area (Å²) in [4.78, 5) is 26.3. The third kappa shape index (κ3) is 3.59. The molecule has 0 aliphatic carbocycles. The number of rotatable bonds is 5. The molecule has 1 heterocycles. The zero-order valence-corrected chi connectivity index (χ0v) is 13.6. The molecule has 0 amide bonds. The molecule has 0 aliphatic rings. The summed E-state index contributed by atoms with van der Waals surface area (Å²) in [5.41, 5.74) is 1.43. The van der Waals surface area contributed by atoms with E-state index in [0.717, 1.165) is 0 Å². The summed E-state index contributed by atoms with van der Waals surface area (Å²) < 4.78 is 23.2. The van der Waals surface area contributed by atoms with Gasteiger partial charge in [-0.2, -0.15) is 0 Å². The quantitative estimate of drug-likeness (QED) is 0.395. The number of non-ortho nitro benzene ring substituents is 1. The summed E-state index contributed by atoms with van der Waals surface area (Å²) in [6.45, 7) is -0.360. The Kier molecular flexibility index (Phi) is 4.74. The van der Waals surface area contributed by atoms with Crippen LogP contribution in [-0.4, -0.2) is 29.6 Å². The van der Waals surface area contributed by atoms with E-state index in [9.17, 15) is 19.3 Å². The fourth-order valence-corrected chi connectivity index (χ4v) is 2.38. The number of hydrogen-bond acceptors (Lipinski definition) is 6. The molecule has 3 rings (SSSR count). The summed E-state index contributed by atoms with van der Waals surface area (Å²) >= 11 is 0. The number of ether oxygens (including phenoxy) is 2. The number of nitro groups is 1. The Morgan fingerprint density at radius 2 is 1.92 bits per heavy atom. The van der Waals surface area contributed by atoms with E-state index >= 15 is 0 Å². The van der Waals surface area contributed by atoms with Crippen molar-refractivity contribution in [3.05, 3.63) is 64.5 Å². The Balaban J connectivity index is 2.13. The number of carbonyl (C=O) groups is 1. The van der Waals surface area contributed by atoms with E-state index in [1.165, 1.54) is 37.4 Å². The molecule has 2 aromatic carbocycles. The monoisotopic (exact) mass is 356 g/mol. The van der Waals surface area contributed by atoms with Crippen molar-refractivity contribution in [2.45, 2.75) is 0 Å². The molecule has 0 saturated carbocycles. The maximum atomic E-state index is 13.1. The standard InChI is InChI=1S/C18H13FN2O5/c1-25-18(22)10-26-17-9-16(11-2-4-12(19)5-3-11)20-15-7-6-13(21(23)24)8-14(15)17/h2-9H,10H2,1H3. The number of hydrogen-bond donors (Lipinski definition) is 0. The lowest BCUT2D eigenvalue weighted by atomic mass is 10.1. The fourth-order valence-electron chi connectivity index (χ4n) is 2.38. The molecule has 1 aromatic heterocycles. The van der Waals surface area contributed by atoms with E-state index in [0.29, 0.717) is 22.2 Å². The highest BCUT2D eigenvalue weighted by molar-refractivity contribution is 5.90. The summed E-state index contributed by atoms with van der Waals surface area (Å²) in [5, 5.41) is 11.4. The number of esters is 1.